The van der Waals surface area contributed by atoms with Crippen LogP contribution >= 0.6 is 23.2 Å². The van der Waals surface area contributed by atoms with E-state index < -0.39 is 0 Å². The highest BCUT2D eigenvalue weighted by molar-refractivity contribution is 6.43. The van der Waals surface area contributed by atoms with Gasteiger partial charge < -0.3 is 5.32 Å². The van der Waals surface area contributed by atoms with Gasteiger partial charge >= 0.3 is 0 Å². The third-order valence-corrected chi connectivity index (χ3v) is 4.92. The summed E-state index contributed by atoms with van der Waals surface area (Å²) in [6.07, 6.45) is 5.02. The number of likely N-dealkylation sites (tertiary alicyclic amines) is 1. The molecular weight excluding hydrogens is 307 g/mol. The minimum Gasteiger partial charge on any atom is -0.351 e. The first kappa shape index (κ1) is 16.6. The molecule has 116 valence electrons. The van der Waals surface area contributed by atoms with Gasteiger partial charge in [0.2, 0.25) is 0 Å². The molecule has 2 rings (SSSR count). The molecule has 1 aliphatic rings. The van der Waals surface area contributed by atoms with Crippen LogP contribution in [0.4, 0.5) is 0 Å². The number of hydrogen-bond donors (Lipinski definition) is 1. The van der Waals surface area contributed by atoms with Crippen molar-refractivity contribution in [1.29, 1.82) is 0 Å². The zero-order valence-electron chi connectivity index (χ0n) is 12.4. The van der Waals surface area contributed by atoms with Crippen molar-refractivity contribution < 1.29 is 4.79 Å². The quantitative estimate of drug-likeness (QED) is 0.886. The van der Waals surface area contributed by atoms with Crippen molar-refractivity contribution in [2.24, 2.45) is 0 Å². The van der Waals surface area contributed by atoms with E-state index in [1.165, 1.54) is 25.7 Å². The number of piperidine rings is 1. The number of amides is 1. The van der Waals surface area contributed by atoms with Gasteiger partial charge in [-0.3, -0.25) is 9.69 Å². The van der Waals surface area contributed by atoms with Crippen LogP contribution in [0, 0.1) is 0 Å². The van der Waals surface area contributed by atoms with Gasteiger partial charge in [-0.25, -0.2) is 0 Å². The van der Waals surface area contributed by atoms with Crippen LogP contribution in [-0.4, -0.2) is 36.5 Å². The summed E-state index contributed by atoms with van der Waals surface area (Å²) in [7, 11) is 0. The van der Waals surface area contributed by atoms with E-state index in [1.807, 2.05) is 0 Å². The molecule has 1 heterocycles. The van der Waals surface area contributed by atoms with E-state index in [-0.39, 0.29) is 5.91 Å². The fourth-order valence-electron chi connectivity index (χ4n) is 2.90. The van der Waals surface area contributed by atoms with E-state index in [9.17, 15) is 4.79 Å². The van der Waals surface area contributed by atoms with Gasteiger partial charge in [-0.2, -0.15) is 0 Å². The normalized spacial score (nSPS) is 19.5. The van der Waals surface area contributed by atoms with Gasteiger partial charge in [0.05, 0.1) is 15.6 Å². The Balaban J connectivity index is 1.85. The number of nitrogens with one attached hydrogen (secondary N) is 1. The summed E-state index contributed by atoms with van der Waals surface area (Å²) in [5.74, 6) is -0.160. The summed E-state index contributed by atoms with van der Waals surface area (Å²) >= 11 is 12.0. The van der Waals surface area contributed by atoms with Gasteiger partial charge in [0, 0.05) is 19.1 Å². The molecule has 0 bridgehead atoms. The van der Waals surface area contributed by atoms with Crippen molar-refractivity contribution >= 4 is 29.1 Å². The highest BCUT2D eigenvalue weighted by atomic mass is 35.5. The Hall–Kier alpha value is -0.770. The molecule has 1 unspecified atom stereocenters. The monoisotopic (exact) mass is 328 g/mol. The van der Waals surface area contributed by atoms with Crippen LogP contribution in [0.2, 0.25) is 10.0 Å². The van der Waals surface area contributed by atoms with Crippen LogP contribution in [0.15, 0.2) is 18.2 Å². The Morgan fingerprint density at radius 2 is 2.19 bits per heavy atom. The maximum atomic E-state index is 12.1. The summed E-state index contributed by atoms with van der Waals surface area (Å²) in [5, 5.41) is 3.66. The Labute approximate surface area is 136 Å². The molecule has 1 aromatic rings. The van der Waals surface area contributed by atoms with E-state index in [4.69, 9.17) is 23.2 Å². The Morgan fingerprint density at radius 1 is 1.38 bits per heavy atom. The van der Waals surface area contributed by atoms with Crippen LogP contribution < -0.4 is 5.32 Å². The number of hydrogen-bond acceptors (Lipinski definition) is 2. The first-order chi connectivity index (χ1) is 10.1. The largest absolute Gasteiger partial charge is 0.351 e. The Kier molecular flexibility index (Phi) is 6.34. The summed E-state index contributed by atoms with van der Waals surface area (Å²) in [4.78, 5) is 14.6. The average Bonchev–Trinajstić information content (AvgIpc) is 2.50. The molecule has 0 aliphatic carbocycles. The Bertz CT molecular complexity index is 493. The third kappa shape index (κ3) is 4.35. The van der Waals surface area contributed by atoms with E-state index >= 15 is 0 Å². The molecule has 0 saturated carbocycles. The lowest BCUT2D eigenvalue weighted by Gasteiger charge is -2.35. The van der Waals surface area contributed by atoms with Crippen LogP contribution in [0.3, 0.4) is 0 Å². The maximum absolute atomic E-state index is 12.1. The number of halogens is 2. The predicted octanol–water partition coefficient (Wildman–Crippen LogP) is 3.99. The summed E-state index contributed by atoms with van der Waals surface area (Å²) in [6.45, 7) is 4.89. The fraction of sp³-hybridized carbons (Fsp3) is 0.562. The molecule has 1 amide bonds. The molecule has 1 fully saturated rings. The molecule has 21 heavy (non-hydrogen) atoms. The topological polar surface area (TPSA) is 32.3 Å². The van der Waals surface area contributed by atoms with Crippen LogP contribution in [0.25, 0.3) is 0 Å². The van der Waals surface area contributed by atoms with Gasteiger partial charge in [-0.05, 0) is 37.9 Å². The van der Waals surface area contributed by atoms with E-state index in [0.29, 0.717) is 28.2 Å². The van der Waals surface area contributed by atoms with E-state index in [0.717, 1.165) is 13.1 Å². The second-order valence-electron chi connectivity index (χ2n) is 5.45. The van der Waals surface area contributed by atoms with Crippen molar-refractivity contribution in [1.82, 2.24) is 10.2 Å². The number of nitrogens with zero attached hydrogens (tertiary/aromatic N) is 1. The second kappa shape index (κ2) is 8.02. The zero-order valence-corrected chi connectivity index (χ0v) is 13.9. The minimum absolute atomic E-state index is 0.160. The molecule has 0 radical (unpaired) electrons. The molecular formula is C16H22Cl2N2O. The maximum Gasteiger partial charge on any atom is 0.252 e. The van der Waals surface area contributed by atoms with E-state index in [1.54, 1.807) is 18.2 Å². The first-order valence-corrected chi connectivity index (χ1v) is 8.35. The van der Waals surface area contributed by atoms with Crippen molar-refractivity contribution in [3.05, 3.63) is 33.8 Å². The molecule has 1 N–H and O–H groups in total. The predicted molar refractivity (Wildman–Crippen MR) is 88.3 cm³/mol. The summed E-state index contributed by atoms with van der Waals surface area (Å²) < 4.78 is 0. The number of carbonyl (C=O) groups excluding carboxylic acids is 1. The van der Waals surface area contributed by atoms with Crippen molar-refractivity contribution in [3.63, 3.8) is 0 Å². The number of benzene rings is 1. The molecule has 1 aromatic carbocycles. The van der Waals surface area contributed by atoms with Crippen LogP contribution in [-0.2, 0) is 0 Å². The molecule has 1 saturated heterocycles. The summed E-state index contributed by atoms with van der Waals surface area (Å²) in [5.41, 5.74) is 0.440. The molecule has 1 aliphatic heterocycles. The highest BCUT2D eigenvalue weighted by Crippen LogP contribution is 2.25. The smallest absolute Gasteiger partial charge is 0.252 e. The lowest BCUT2D eigenvalue weighted by molar-refractivity contribution is 0.0934. The standard InChI is InChI=1S/C16H22Cl2N2O/c1-2-12-6-3-4-10-20(12)11-9-19-16(21)13-7-5-8-14(17)15(13)18/h5,7-8,12H,2-4,6,9-11H2,1H3,(H,19,21). The fourth-order valence-corrected chi connectivity index (χ4v) is 3.29. The number of carbonyl (C=O) groups is 1. The lowest BCUT2D eigenvalue weighted by Crippen LogP contribution is -2.43. The SMILES string of the molecule is CCC1CCCCN1CCNC(=O)c1cccc(Cl)c1Cl. The molecule has 5 heteroatoms. The average molecular weight is 329 g/mol. The second-order valence-corrected chi connectivity index (χ2v) is 6.24. The zero-order chi connectivity index (χ0) is 15.2. The Morgan fingerprint density at radius 3 is 2.95 bits per heavy atom. The number of rotatable bonds is 5. The molecule has 3 nitrogen and oxygen atoms in total. The van der Waals surface area contributed by atoms with Crippen molar-refractivity contribution in [2.75, 3.05) is 19.6 Å². The minimum atomic E-state index is -0.160. The highest BCUT2D eigenvalue weighted by Gasteiger charge is 2.20. The van der Waals surface area contributed by atoms with Crippen LogP contribution in [0.1, 0.15) is 43.0 Å². The molecule has 1 atom stereocenters. The van der Waals surface area contributed by atoms with Crippen molar-refractivity contribution in [3.8, 4) is 0 Å². The molecule has 0 spiro atoms. The van der Waals surface area contributed by atoms with Crippen molar-refractivity contribution in [2.45, 2.75) is 38.6 Å². The van der Waals surface area contributed by atoms with Gasteiger partial charge in [-0.15, -0.1) is 0 Å². The first-order valence-electron chi connectivity index (χ1n) is 7.59. The van der Waals surface area contributed by atoms with Crippen LogP contribution in [0.5, 0.6) is 0 Å². The van der Waals surface area contributed by atoms with Gasteiger partial charge in [0.25, 0.3) is 5.91 Å². The third-order valence-electron chi connectivity index (χ3n) is 4.10. The summed E-state index contributed by atoms with van der Waals surface area (Å²) in [6, 6.07) is 5.77. The lowest BCUT2D eigenvalue weighted by atomic mass is 10.0. The molecule has 0 aromatic heterocycles. The van der Waals surface area contributed by atoms with E-state index in [2.05, 4.69) is 17.1 Å². The van der Waals surface area contributed by atoms with Gasteiger partial charge in [-0.1, -0.05) is 42.6 Å². The van der Waals surface area contributed by atoms with Gasteiger partial charge in [0.1, 0.15) is 0 Å². The van der Waals surface area contributed by atoms with Gasteiger partial charge in [0.15, 0.2) is 0 Å².